The molecule has 0 saturated heterocycles. The van der Waals surface area contributed by atoms with Crippen molar-refractivity contribution in [1.82, 2.24) is 0 Å². The number of hydrogen-bond donors (Lipinski definition) is 0. The highest BCUT2D eigenvalue weighted by atomic mass is 35.5. The van der Waals surface area contributed by atoms with Crippen LogP contribution in [-0.2, 0) is 21.0 Å². The summed E-state index contributed by atoms with van der Waals surface area (Å²) in [6, 6.07) is 5.50. The van der Waals surface area contributed by atoms with Gasteiger partial charge >= 0.3 is 6.18 Å². The van der Waals surface area contributed by atoms with E-state index in [0.29, 0.717) is 16.4 Å². The lowest BCUT2D eigenvalue weighted by atomic mass is 10.2. The summed E-state index contributed by atoms with van der Waals surface area (Å²) in [5.41, 5.74) is -1.66. The molecule has 0 N–H and O–H groups in total. The van der Waals surface area contributed by atoms with Gasteiger partial charge in [-0.2, -0.15) is 13.2 Å². The molecule has 1 atom stereocenters. The molecule has 146 valence electrons. The first-order chi connectivity index (χ1) is 12.4. The topological polar surface area (TPSA) is 54.5 Å². The summed E-state index contributed by atoms with van der Waals surface area (Å²) in [6.45, 7) is 1.14. The average Bonchev–Trinajstić information content (AvgIpc) is 2.55. The fourth-order valence-electron chi connectivity index (χ4n) is 2.22. The molecule has 0 aliphatic carbocycles. The molecule has 0 radical (unpaired) electrons. The Morgan fingerprint density at radius 3 is 2.11 bits per heavy atom. The van der Waals surface area contributed by atoms with Gasteiger partial charge < -0.3 is 0 Å². The Labute approximate surface area is 168 Å². The molecule has 4 nitrogen and oxygen atoms in total. The Hall–Kier alpha value is -1.48. The summed E-state index contributed by atoms with van der Waals surface area (Å²) in [5.74, 6) is 0. The summed E-state index contributed by atoms with van der Waals surface area (Å²) in [7, 11) is -4.48. The Bertz CT molecular complexity index is 963. The van der Waals surface area contributed by atoms with Crippen LogP contribution in [0.15, 0.2) is 47.4 Å². The summed E-state index contributed by atoms with van der Waals surface area (Å²) in [6.07, 6.45) is -4.75. The molecule has 0 aromatic heterocycles. The fraction of sp³-hybridized carbons (Fsp3) is 0.188. The van der Waals surface area contributed by atoms with Crippen LogP contribution in [-0.4, -0.2) is 19.7 Å². The highest BCUT2D eigenvalue weighted by Crippen LogP contribution is 2.38. The second-order valence-corrected chi connectivity index (χ2v) is 8.43. The van der Waals surface area contributed by atoms with Gasteiger partial charge in [0.2, 0.25) is 5.24 Å². The van der Waals surface area contributed by atoms with E-state index in [1.54, 1.807) is 0 Å². The van der Waals surface area contributed by atoms with Gasteiger partial charge in [-0.1, -0.05) is 23.2 Å². The predicted octanol–water partition coefficient (Wildman–Crippen LogP) is 5.36. The lowest BCUT2D eigenvalue weighted by Crippen LogP contribution is -2.42. The molecule has 27 heavy (non-hydrogen) atoms. The summed E-state index contributed by atoms with van der Waals surface area (Å²) < 4.78 is 65.7. The molecule has 2 aromatic carbocycles. The minimum atomic E-state index is -4.75. The van der Waals surface area contributed by atoms with Crippen molar-refractivity contribution in [3.8, 4) is 0 Å². The number of sulfonamides is 1. The van der Waals surface area contributed by atoms with Crippen molar-refractivity contribution in [1.29, 1.82) is 0 Å². The van der Waals surface area contributed by atoms with E-state index in [4.69, 9.17) is 34.8 Å². The van der Waals surface area contributed by atoms with Crippen LogP contribution >= 0.6 is 34.8 Å². The molecule has 11 heteroatoms. The molecule has 0 aliphatic heterocycles. The number of hydrogen-bond acceptors (Lipinski definition) is 3. The van der Waals surface area contributed by atoms with Crippen LogP contribution in [0.25, 0.3) is 0 Å². The molecular weight excluding hydrogens is 450 g/mol. The largest absolute Gasteiger partial charge is 0.416 e. The van der Waals surface area contributed by atoms with Crippen LogP contribution in [0.5, 0.6) is 0 Å². The summed E-state index contributed by atoms with van der Waals surface area (Å²) in [4.78, 5) is 11.4. The second kappa shape index (κ2) is 7.87. The highest BCUT2D eigenvalue weighted by Gasteiger charge is 2.37. The van der Waals surface area contributed by atoms with Gasteiger partial charge in [0.15, 0.2) is 0 Å². The van der Waals surface area contributed by atoms with Crippen LogP contribution in [0.4, 0.5) is 18.9 Å². The maximum absolute atomic E-state index is 13.1. The van der Waals surface area contributed by atoms with E-state index in [1.165, 1.54) is 12.1 Å². The Morgan fingerprint density at radius 1 is 1.07 bits per heavy atom. The molecular formula is C16H11Cl3F3NO3S. The van der Waals surface area contributed by atoms with E-state index in [9.17, 15) is 26.4 Å². The van der Waals surface area contributed by atoms with E-state index in [0.717, 1.165) is 25.1 Å². The van der Waals surface area contributed by atoms with Gasteiger partial charge in [-0.25, -0.2) is 8.42 Å². The van der Waals surface area contributed by atoms with Gasteiger partial charge in [0, 0.05) is 5.02 Å². The van der Waals surface area contributed by atoms with Gasteiger partial charge in [-0.3, -0.25) is 9.10 Å². The SMILES string of the molecule is CC(C(=O)Cl)N(c1cc(C(F)(F)F)ccc1Cl)S(=O)(=O)c1ccc(Cl)cc1. The highest BCUT2D eigenvalue weighted by molar-refractivity contribution is 7.93. The fourth-order valence-corrected chi connectivity index (χ4v) is 4.39. The van der Waals surface area contributed by atoms with E-state index >= 15 is 0 Å². The standard InChI is InChI=1S/C16H11Cl3F3NO3S/c1-9(15(19)24)23(27(25,26)12-5-3-11(17)4-6-12)14-8-10(16(20,21)22)2-7-13(14)18/h2-9H,1H3. The number of nitrogens with zero attached hydrogens (tertiary/aromatic N) is 1. The number of halogens is 6. The first kappa shape index (κ1) is 21.8. The molecule has 0 bridgehead atoms. The molecule has 0 fully saturated rings. The predicted molar refractivity (Wildman–Crippen MR) is 97.9 cm³/mol. The first-order valence-corrected chi connectivity index (χ1v) is 9.79. The smallest absolute Gasteiger partial charge is 0.279 e. The van der Waals surface area contributed by atoms with Crippen molar-refractivity contribution in [2.45, 2.75) is 24.0 Å². The number of carbonyl (C=O) groups excluding carboxylic acids is 1. The van der Waals surface area contributed by atoms with Crippen molar-refractivity contribution in [3.05, 3.63) is 58.1 Å². The zero-order chi connectivity index (χ0) is 20.6. The summed E-state index contributed by atoms with van der Waals surface area (Å²) in [5, 5.41) is -1.15. The molecule has 2 rings (SSSR count). The van der Waals surface area contributed by atoms with Crippen LogP contribution < -0.4 is 4.31 Å². The quantitative estimate of drug-likeness (QED) is 0.564. The third-order valence-electron chi connectivity index (χ3n) is 3.56. The zero-order valence-electron chi connectivity index (χ0n) is 13.5. The molecule has 0 saturated carbocycles. The van der Waals surface area contributed by atoms with Crippen molar-refractivity contribution >= 4 is 55.8 Å². The Morgan fingerprint density at radius 2 is 1.63 bits per heavy atom. The molecule has 0 spiro atoms. The van der Waals surface area contributed by atoms with Crippen molar-refractivity contribution in [2.75, 3.05) is 4.31 Å². The second-order valence-electron chi connectivity index (χ2n) is 5.40. The maximum atomic E-state index is 13.1. The average molecular weight is 461 g/mol. The molecule has 2 aromatic rings. The Balaban J connectivity index is 2.73. The van der Waals surface area contributed by atoms with Crippen LogP contribution in [0.3, 0.4) is 0 Å². The van der Waals surface area contributed by atoms with Gasteiger partial charge in [-0.05, 0) is 61.0 Å². The van der Waals surface area contributed by atoms with Gasteiger partial charge in [0.25, 0.3) is 10.0 Å². The van der Waals surface area contributed by atoms with Gasteiger partial charge in [0.05, 0.1) is 21.2 Å². The summed E-state index contributed by atoms with van der Waals surface area (Å²) >= 11 is 17.1. The normalized spacial score (nSPS) is 13.3. The number of benzene rings is 2. The Kier molecular flexibility index (Phi) is 6.36. The number of anilines is 1. The maximum Gasteiger partial charge on any atom is 0.416 e. The number of carbonyl (C=O) groups is 1. The monoisotopic (exact) mass is 459 g/mol. The third-order valence-corrected chi connectivity index (χ3v) is 6.35. The lowest BCUT2D eigenvalue weighted by molar-refractivity contribution is -0.137. The van der Waals surface area contributed by atoms with E-state index in [2.05, 4.69) is 0 Å². The van der Waals surface area contributed by atoms with Crippen LogP contribution in [0, 0.1) is 0 Å². The van der Waals surface area contributed by atoms with Gasteiger partial charge in [-0.15, -0.1) is 0 Å². The minimum Gasteiger partial charge on any atom is -0.279 e. The minimum absolute atomic E-state index is 0.249. The number of alkyl halides is 3. The van der Waals surface area contributed by atoms with E-state index in [-0.39, 0.29) is 14.9 Å². The number of rotatable bonds is 5. The molecule has 0 aliphatic rings. The van der Waals surface area contributed by atoms with Crippen molar-refractivity contribution < 1.29 is 26.4 Å². The molecule has 0 heterocycles. The van der Waals surface area contributed by atoms with Crippen LogP contribution in [0.2, 0.25) is 10.0 Å². The van der Waals surface area contributed by atoms with Crippen molar-refractivity contribution in [3.63, 3.8) is 0 Å². The van der Waals surface area contributed by atoms with Gasteiger partial charge in [0.1, 0.15) is 6.04 Å². The molecule has 1 unspecified atom stereocenters. The zero-order valence-corrected chi connectivity index (χ0v) is 16.6. The lowest BCUT2D eigenvalue weighted by Gasteiger charge is -2.29. The van der Waals surface area contributed by atoms with Crippen LogP contribution in [0.1, 0.15) is 12.5 Å². The van der Waals surface area contributed by atoms with Crippen molar-refractivity contribution in [2.24, 2.45) is 0 Å². The molecule has 0 amide bonds. The first-order valence-electron chi connectivity index (χ1n) is 7.22. The van der Waals surface area contributed by atoms with E-state index < -0.39 is 38.7 Å². The van der Waals surface area contributed by atoms with E-state index in [1.807, 2.05) is 0 Å². The third kappa shape index (κ3) is 4.68.